The number of carboxylic acid groups (broad SMARTS) is 1. The van der Waals surface area contributed by atoms with Crippen LogP contribution in [0.4, 0.5) is 5.69 Å². The number of aryl methyl sites for hydroxylation is 1. The van der Waals surface area contributed by atoms with Crippen molar-refractivity contribution in [2.24, 2.45) is 11.8 Å². The van der Waals surface area contributed by atoms with E-state index in [-0.39, 0.29) is 5.91 Å². The minimum atomic E-state index is -0.854. The number of nitrogens with one attached hydrogen (secondary N) is 1. The van der Waals surface area contributed by atoms with Crippen molar-refractivity contribution in [3.63, 3.8) is 0 Å². The largest absolute Gasteiger partial charge is 0.481 e. The van der Waals surface area contributed by atoms with Gasteiger partial charge in [0.2, 0.25) is 5.91 Å². The highest BCUT2D eigenvalue weighted by atomic mass is 16.4. The third-order valence-corrected chi connectivity index (χ3v) is 4.02. The van der Waals surface area contributed by atoms with E-state index in [4.69, 9.17) is 0 Å². The zero-order valence-corrected chi connectivity index (χ0v) is 11.8. The lowest BCUT2D eigenvalue weighted by molar-refractivity contribution is -0.147. The Morgan fingerprint density at radius 1 is 1.25 bits per heavy atom. The molecule has 1 fully saturated rings. The van der Waals surface area contributed by atoms with Gasteiger partial charge in [-0.1, -0.05) is 31.9 Å². The molecule has 0 bridgehead atoms. The molecule has 0 unspecified atom stereocenters. The van der Waals surface area contributed by atoms with Crippen LogP contribution >= 0.6 is 0 Å². The smallest absolute Gasteiger partial charge is 0.307 e. The zero-order chi connectivity index (χ0) is 14.5. The van der Waals surface area contributed by atoms with Crippen molar-refractivity contribution in [1.82, 2.24) is 0 Å². The molecule has 0 aromatic heterocycles. The molecule has 4 heteroatoms. The van der Waals surface area contributed by atoms with E-state index in [1.54, 1.807) is 0 Å². The van der Waals surface area contributed by atoms with Crippen molar-refractivity contribution < 1.29 is 14.7 Å². The van der Waals surface area contributed by atoms with Gasteiger partial charge in [0.15, 0.2) is 0 Å². The fourth-order valence-electron chi connectivity index (χ4n) is 2.84. The van der Waals surface area contributed by atoms with Crippen LogP contribution in [0.3, 0.4) is 0 Å². The average molecular weight is 275 g/mol. The van der Waals surface area contributed by atoms with Gasteiger partial charge in [0, 0.05) is 5.69 Å². The Balaban J connectivity index is 2.07. The van der Waals surface area contributed by atoms with Crippen LogP contribution in [0.15, 0.2) is 24.3 Å². The first-order valence-electron chi connectivity index (χ1n) is 7.24. The zero-order valence-electron chi connectivity index (χ0n) is 11.8. The molecule has 1 aromatic carbocycles. The summed E-state index contributed by atoms with van der Waals surface area (Å²) in [4.78, 5) is 23.5. The van der Waals surface area contributed by atoms with E-state index in [0.717, 1.165) is 30.5 Å². The van der Waals surface area contributed by atoms with Gasteiger partial charge < -0.3 is 10.4 Å². The number of hydrogen-bond donors (Lipinski definition) is 2. The first kappa shape index (κ1) is 14.6. The molecule has 0 heterocycles. The van der Waals surface area contributed by atoms with Gasteiger partial charge in [0.1, 0.15) is 0 Å². The molecule has 20 heavy (non-hydrogen) atoms. The van der Waals surface area contributed by atoms with Crippen LogP contribution in [0.5, 0.6) is 0 Å². The van der Waals surface area contributed by atoms with E-state index in [9.17, 15) is 14.7 Å². The number of carbonyl (C=O) groups excluding carboxylic acids is 1. The van der Waals surface area contributed by atoms with Crippen molar-refractivity contribution >= 4 is 17.6 Å². The van der Waals surface area contributed by atoms with E-state index in [1.807, 2.05) is 24.3 Å². The average Bonchev–Trinajstić information content (AvgIpc) is 2.47. The van der Waals surface area contributed by atoms with Crippen LogP contribution < -0.4 is 5.32 Å². The van der Waals surface area contributed by atoms with Crippen LogP contribution in [0, 0.1) is 11.8 Å². The third-order valence-electron chi connectivity index (χ3n) is 4.02. The quantitative estimate of drug-likeness (QED) is 0.887. The van der Waals surface area contributed by atoms with Crippen molar-refractivity contribution in [2.45, 2.75) is 39.0 Å². The van der Waals surface area contributed by atoms with E-state index >= 15 is 0 Å². The molecule has 4 nitrogen and oxygen atoms in total. The highest BCUT2D eigenvalue weighted by Gasteiger charge is 2.35. The summed E-state index contributed by atoms with van der Waals surface area (Å²) in [6.45, 7) is 2.06. The number of carboxylic acids is 1. The predicted octanol–water partition coefficient (Wildman–Crippen LogP) is 3.08. The molecule has 2 rings (SSSR count). The van der Waals surface area contributed by atoms with E-state index < -0.39 is 17.8 Å². The lowest BCUT2D eigenvalue weighted by Gasteiger charge is -2.27. The molecule has 1 aliphatic rings. The van der Waals surface area contributed by atoms with Crippen LogP contribution in [0.25, 0.3) is 0 Å². The summed E-state index contributed by atoms with van der Waals surface area (Å²) in [5.74, 6) is -1.97. The molecule has 1 amide bonds. The maximum atomic E-state index is 12.3. The molecule has 0 aliphatic heterocycles. The van der Waals surface area contributed by atoms with Gasteiger partial charge in [-0.15, -0.1) is 0 Å². The van der Waals surface area contributed by atoms with E-state index in [0.29, 0.717) is 12.8 Å². The van der Waals surface area contributed by atoms with Crippen LogP contribution in [0.1, 0.15) is 38.2 Å². The van der Waals surface area contributed by atoms with Crippen molar-refractivity contribution in [3.8, 4) is 0 Å². The molecule has 2 N–H and O–H groups in total. The van der Waals surface area contributed by atoms with Crippen molar-refractivity contribution in [2.75, 3.05) is 5.32 Å². The van der Waals surface area contributed by atoms with Gasteiger partial charge in [-0.2, -0.15) is 0 Å². The summed E-state index contributed by atoms with van der Waals surface area (Å²) in [5, 5.41) is 12.1. The molecule has 0 saturated heterocycles. The summed E-state index contributed by atoms with van der Waals surface area (Å²) in [7, 11) is 0. The Morgan fingerprint density at radius 3 is 2.60 bits per heavy atom. The minimum absolute atomic E-state index is 0.162. The SMILES string of the molecule is CCc1cccc(NC(=O)[C@@H]2CCCC[C@@H]2C(=O)O)c1. The van der Waals surface area contributed by atoms with Crippen molar-refractivity contribution in [1.29, 1.82) is 0 Å². The normalized spacial score (nSPS) is 22.2. The monoisotopic (exact) mass is 275 g/mol. The number of anilines is 1. The third kappa shape index (κ3) is 3.38. The topological polar surface area (TPSA) is 66.4 Å². The van der Waals surface area contributed by atoms with Gasteiger partial charge in [0.25, 0.3) is 0 Å². The number of benzene rings is 1. The number of hydrogen-bond acceptors (Lipinski definition) is 2. The predicted molar refractivity (Wildman–Crippen MR) is 77.5 cm³/mol. The molecule has 108 valence electrons. The van der Waals surface area contributed by atoms with Gasteiger partial charge >= 0.3 is 5.97 Å². The standard InChI is InChI=1S/C16H21NO3/c1-2-11-6-5-7-12(10-11)17-15(18)13-8-3-4-9-14(13)16(19)20/h5-7,10,13-14H,2-4,8-9H2,1H3,(H,17,18)(H,19,20)/t13-,14+/m1/s1. The molecule has 1 aliphatic carbocycles. The molecular formula is C16H21NO3. The summed E-state index contributed by atoms with van der Waals surface area (Å²) < 4.78 is 0. The summed E-state index contributed by atoms with van der Waals surface area (Å²) in [6, 6.07) is 7.70. The fourth-order valence-corrected chi connectivity index (χ4v) is 2.84. The Labute approximate surface area is 119 Å². The van der Waals surface area contributed by atoms with E-state index in [1.165, 1.54) is 0 Å². The first-order valence-corrected chi connectivity index (χ1v) is 7.24. The second-order valence-electron chi connectivity index (χ2n) is 5.38. The number of rotatable bonds is 4. The molecule has 0 radical (unpaired) electrons. The van der Waals surface area contributed by atoms with Crippen LogP contribution in [0.2, 0.25) is 0 Å². The lowest BCUT2D eigenvalue weighted by Crippen LogP contribution is -2.36. The first-order chi connectivity index (χ1) is 9.61. The maximum Gasteiger partial charge on any atom is 0.307 e. The van der Waals surface area contributed by atoms with E-state index in [2.05, 4.69) is 12.2 Å². The Hall–Kier alpha value is -1.84. The van der Waals surface area contributed by atoms with Gasteiger partial charge in [-0.3, -0.25) is 9.59 Å². The lowest BCUT2D eigenvalue weighted by atomic mass is 9.78. The molecular weight excluding hydrogens is 254 g/mol. The number of aliphatic carboxylic acids is 1. The second kappa shape index (κ2) is 6.55. The Bertz CT molecular complexity index is 498. The van der Waals surface area contributed by atoms with Gasteiger partial charge in [-0.25, -0.2) is 0 Å². The van der Waals surface area contributed by atoms with Crippen LogP contribution in [-0.2, 0) is 16.0 Å². The maximum absolute atomic E-state index is 12.3. The second-order valence-corrected chi connectivity index (χ2v) is 5.38. The highest BCUT2D eigenvalue weighted by Crippen LogP contribution is 2.31. The number of amides is 1. The minimum Gasteiger partial charge on any atom is -0.481 e. The van der Waals surface area contributed by atoms with Gasteiger partial charge in [0.05, 0.1) is 11.8 Å². The summed E-state index contributed by atoms with van der Waals surface area (Å²) >= 11 is 0. The Kier molecular flexibility index (Phi) is 4.77. The number of carbonyl (C=O) groups is 2. The summed E-state index contributed by atoms with van der Waals surface area (Å²) in [5.41, 5.74) is 1.91. The molecule has 1 aromatic rings. The van der Waals surface area contributed by atoms with Crippen LogP contribution in [-0.4, -0.2) is 17.0 Å². The Morgan fingerprint density at radius 2 is 1.95 bits per heavy atom. The summed E-state index contributed by atoms with van der Waals surface area (Å²) in [6.07, 6.45) is 3.99. The van der Waals surface area contributed by atoms with Crippen molar-refractivity contribution in [3.05, 3.63) is 29.8 Å². The molecule has 2 atom stereocenters. The molecule has 0 spiro atoms. The fraction of sp³-hybridized carbons (Fsp3) is 0.500. The van der Waals surface area contributed by atoms with Gasteiger partial charge in [-0.05, 0) is 37.0 Å². The molecule has 1 saturated carbocycles. The highest BCUT2D eigenvalue weighted by molar-refractivity contribution is 5.95.